The lowest BCUT2D eigenvalue weighted by Gasteiger charge is -2.29. The van der Waals surface area contributed by atoms with Crippen molar-refractivity contribution in [3.63, 3.8) is 0 Å². The van der Waals surface area contributed by atoms with Crippen LogP contribution in [0, 0.1) is 0 Å². The van der Waals surface area contributed by atoms with Gasteiger partial charge in [-0.1, -0.05) is 41.4 Å². The zero-order valence-corrected chi connectivity index (χ0v) is 13.3. The molecule has 6 heteroatoms. The van der Waals surface area contributed by atoms with Crippen LogP contribution in [-0.4, -0.2) is 17.0 Å². The summed E-state index contributed by atoms with van der Waals surface area (Å²) in [5, 5.41) is 0.343. The van der Waals surface area contributed by atoms with E-state index in [9.17, 15) is 9.59 Å². The van der Waals surface area contributed by atoms with Crippen LogP contribution in [0.4, 0.5) is 5.69 Å². The first-order valence-electron chi connectivity index (χ1n) is 7.00. The van der Waals surface area contributed by atoms with Gasteiger partial charge < -0.3 is 9.47 Å². The zero-order valence-electron chi connectivity index (χ0n) is 11.8. The molecule has 2 aromatic rings. The number of pyridine rings is 1. The number of anilines is 1. The van der Waals surface area contributed by atoms with Gasteiger partial charge in [-0.05, 0) is 30.5 Å². The van der Waals surface area contributed by atoms with Crippen molar-refractivity contribution in [1.82, 2.24) is 4.57 Å². The van der Waals surface area contributed by atoms with E-state index in [1.54, 1.807) is 4.90 Å². The number of carbonyl (C=O) groups excluding carboxylic acids is 1. The standard InChI is InChI=1S/C16H14Cl2N2O2/c17-12-8-13(18)16(22)19(9-12)10-15(21)20-7-3-5-11-4-1-2-6-14(11)20/h1-2,4,6,8-9H,3,5,7,10H2. The Hall–Kier alpha value is -1.78. The smallest absolute Gasteiger partial charge is 0.269 e. The van der Waals surface area contributed by atoms with Crippen LogP contribution in [0.15, 0.2) is 41.3 Å². The summed E-state index contributed by atoms with van der Waals surface area (Å²) in [6, 6.07) is 9.21. The van der Waals surface area contributed by atoms with Gasteiger partial charge in [0.05, 0.1) is 5.02 Å². The van der Waals surface area contributed by atoms with E-state index in [-0.39, 0.29) is 17.5 Å². The van der Waals surface area contributed by atoms with Crippen molar-refractivity contribution in [2.75, 3.05) is 11.4 Å². The van der Waals surface area contributed by atoms with Crippen LogP contribution < -0.4 is 10.5 Å². The SMILES string of the molecule is O=C(Cn1cc(Cl)cc(Cl)c1=O)N1CCCc2ccccc21. The van der Waals surface area contributed by atoms with Gasteiger partial charge in [0.15, 0.2) is 0 Å². The Labute approximate surface area is 137 Å². The highest BCUT2D eigenvalue weighted by atomic mass is 35.5. The van der Waals surface area contributed by atoms with E-state index in [0.29, 0.717) is 11.6 Å². The predicted octanol–water partition coefficient (Wildman–Crippen LogP) is 3.13. The molecule has 0 fully saturated rings. The molecule has 1 aliphatic heterocycles. The molecular weight excluding hydrogens is 323 g/mol. The topological polar surface area (TPSA) is 42.3 Å². The molecule has 0 bridgehead atoms. The quantitative estimate of drug-likeness (QED) is 0.845. The molecule has 0 N–H and O–H groups in total. The number of fused-ring (bicyclic) bond motifs is 1. The minimum atomic E-state index is -0.412. The molecule has 1 aliphatic rings. The number of hydrogen-bond acceptors (Lipinski definition) is 2. The van der Waals surface area contributed by atoms with Gasteiger partial charge in [0.1, 0.15) is 11.6 Å². The monoisotopic (exact) mass is 336 g/mol. The Morgan fingerprint density at radius 2 is 2.00 bits per heavy atom. The van der Waals surface area contributed by atoms with Crippen LogP contribution >= 0.6 is 23.2 Å². The van der Waals surface area contributed by atoms with Gasteiger partial charge in [0, 0.05) is 18.4 Å². The summed E-state index contributed by atoms with van der Waals surface area (Å²) in [5.74, 6) is -0.146. The lowest BCUT2D eigenvalue weighted by Crippen LogP contribution is -2.39. The number of nitrogens with zero attached hydrogens (tertiary/aromatic N) is 2. The summed E-state index contributed by atoms with van der Waals surface area (Å²) >= 11 is 11.7. The van der Waals surface area contributed by atoms with Gasteiger partial charge in [-0.15, -0.1) is 0 Å². The highest BCUT2D eigenvalue weighted by molar-refractivity contribution is 6.34. The molecule has 1 aromatic heterocycles. The maximum absolute atomic E-state index is 12.6. The fraction of sp³-hybridized carbons (Fsp3) is 0.250. The molecule has 0 aliphatic carbocycles. The molecule has 4 nitrogen and oxygen atoms in total. The van der Waals surface area contributed by atoms with Gasteiger partial charge in [-0.25, -0.2) is 0 Å². The van der Waals surface area contributed by atoms with Gasteiger partial charge in [0.2, 0.25) is 5.91 Å². The third kappa shape index (κ3) is 2.89. The van der Waals surface area contributed by atoms with E-state index >= 15 is 0 Å². The molecule has 3 rings (SSSR count). The number of hydrogen-bond donors (Lipinski definition) is 0. The van der Waals surface area contributed by atoms with Crippen molar-refractivity contribution in [3.05, 3.63) is 62.5 Å². The van der Waals surface area contributed by atoms with Crippen molar-refractivity contribution in [2.24, 2.45) is 0 Å². The van der Waals surface area contributed by atoms with Gasteiger partial charge in [0.25, 0.3) is 5.56 Å². The second-order valence-corrected chi connectivity index (χ2v) is 6.06. The van der Waals surface area contributed by atoms with Crippen molar-refractivity contribution in [2.45, 2.75) is 19.4 Å². The molecule has 1 amide bonds. The summed E-state index contributed by atoms with van der Waals surface area (Å²) < 4.78 is 1.25. The number of aromatic nitrogens is 1. The first-order valence-corrected chi connectivity index (χ1v) is 7.75. The van der Waals surface area contributed by atoms with Crippen LogP contribution in [0.5, 0.6) is 0 Å². The normalized spacial score (nSPS) is 13.8. The molecule has 0 atom stereocenters. The molecule has 0 saturated heterocycles. The fourth-order valence-electron chi connectivity index (χ4n) is 2.71. The Bertz CT molecular complexity index is 786. The number of amides is 1. The van der Waals surface area contributed by atoms with E-state index in [2.05, 4.69) is 0 Å². The van der Waals surface area contributed by atoms with Gasteiger partial charge in [-0.2, -0.15) is 0 Å². The summed E-state index contributed by atoms with van der Waals surface area (Å²) in [5.41, 5.74) is 1.66. The third-order valence-electron chi connectivity index (χ3n) is 3.73. The van der Waals surface area contributed by atoms with Gasteiger partial charge in [-0.3, -0.25) is 9.59 Å². The molecule has 0 unspecified atom stereocenters. The van der Waals surface area contributed by atoms with Crippen molar-refractivity contribution in [1.29, 1.82) is 0 Å². The molecule has 1 aromatic carbocycles. The molecule has 0 radical (unpaired) electrons. The number of carbonyl (C=O) groups is 1. The second-order valence-electron chi connectivity index (χ2n) is 5.22. The number of halogens is 2. The van der Waals surface area contributed by atoms with Gasteiger partial charge >= 0.3 is 0 Å². The minimum Gasteiger partial charge on any atom is -0.311 e. The highest BCUT2D eigenvalue weighted by Gasteiger charge is 2.22. The molecule has 2 heterocycles. The first-order chi connectivity index (χ1) is 10.6. The van der Waals surface area contributed by atoms with Crippen LogP contribution in [0.3, 0.4) is 0 Å². The predicted molar refractivity (Wildman–Crippen MR) is 87.8 cm³/mol. The molecular formula is C16H14Cl2N2O2. The molecule has 114 valence electrons. The Morgan fingerprint density at radius 1 is 1.23 bits per heavy atom. The second kappa shape index (κ2) is 6.15. The molecule has 22 heavy (non-hydrogen) atoms. The molecule has 0 spiro atoms. The zero-order chi connectivity index (χ0) is 15.7. The fourth-order valence-corrected chi connectivity index (χ4v) is 3.21. The van der Waals surface area contributed by atoms with Crippen molar-refractivity contribution >= 4 is 34.8 Å². The third-order valence-corrected chi connectivity index (χ3v) is 4.20. The summed E-state index contributed by atoms with van der Waals surface area (Å²) in [4.78, 5) is 26.3. The molecule has 0 saturated carbocycles. The van der Waals surface area contributed by atoms with E-state index in [1.165, 1.54) is 16.8 Å². The summed E-state index contributed by atoms with van der Waals surface area (Å²) in [6.45, 7) is 0.576. The number of benzene rings is 1. The summed E-state index contributed by atoms with van der Waals surface area (Å²) in [7, 11) is 0. The lowest BCUT2D eigenvalue weighted by atomic mass is 10.0. The Kier molecular flexibility index (Phi) is 4.23. The average Bonchev–Trinajstić information content (AvgIpc) is 2.51. The number of aryl methyl sites for hydroxylation is 1. The van der Waals surface area contributed by atoms with Crippen molar-refractivity contribution in [3.8, 4) is 0 Å². The van der Waals surface area contributed by atoms with E-state index < -0.39 is 5.56 Å². The average molecular weight is 337 g/mol. The largest absolute Gasteiger partial charge is 0.311 e. The van der Waals surface area contributed by atoms with Crippen LogP contribution in [0.1, 0.15) is 12.0 Å². The lowest BCUT2D eigenvalue weighted by molar-refractivity contribution is -0.119. The Balaban J connectivity index is 1.89. The maximum atomic E-state index is 12.6. The van der Waals surface area contributed by atoms with Crippen molar-refractivity contribution < 1.29 is 4.79 Å². The Morgan fingerprint density at radius 3 is 2.82 bits per heavy atom. The number of para-hydroxylation sites is 1. The number of rotatable bonds is 2. The van der Waals surface area contributed by atoms with E-state index in [1.807, 2.05) is 24.3 Å². The first kappa shape index (κ1) is 15.1. The van der Waals surface area contributed by atoms with Crippen LogP contribution in [0.25, 0.3) is 0 Å². The maximum Gasteiger partial charge on any atom is 0.269 e. The highest BCUT2D eigenvalue weighted by Crippen LogP contribution is 2.26. The van der Waals surface area contributed by atoms with E-state index in [0.717, 1.165) is 24.1 Å². The van der Waals surface area contributed by atoms with Crippen LogP contribution in [0.2, 0.25) is 10.0 Å². The van der Waals surface area contributed by atoms with Crippen LogP contribution in [-0.2, 0) is 17.8 Å². The minimum absolute atomic E-state index is 0.0133. The van der Waals surface area contributed by atoms with E-state index in [4.69, 9.17) is 23.2 Å². The summed E-state index contributed by atoms with van der Waals surface area (Å²) in [6.07, 6.45) is 3.31.